The third-order valence-corrected chi connectivity index (χ3v) is 4.97. The molecular formula is C15H21ClN2OS. The highest BCUT2D eigenvalue weighted by atomic mass is 35.5. The van der Waals surface area contributed by atoms with Crippen molar-refractivity contribution in [3.05, 3.63) is 28.8 Å². The minimum absolute atomic E-state index is 0.00997. The molecule has 0 aromatic heterocycles. The standard InChI is InChI=1S/C15H21ClN2OS/c1-10(3-2-7-17)15(19)18-13-6-8-20-14-5-4-11(16)9-12(13)14/h4-5,9-10,13H,2-3,6-8,17H2,1H3,(H,18,19). The van der Waals surface area contributed by atoms with Gasteiger partial charge in [0.05, 0.1) is 6.04 Å². The summed E-state index contributed by atoms with van der Waals surface area (Å²) in [6.07, 6.45) is 2.68. The van der Waals surface area contributed by atoms with E-state index in [0.29, 0.717) is 6.54 Å². The lowest BCUT2D eigenvalue weighted by molar-refractivity contribution is -0.125. The number of carbonyl (C=O) groups excluding carboxylic acids is 1. The Morgan fingerprint density at radius 2 is 2.40 bits per heavy atom. The summed E-state index contributed by atoms with van der Waals surface area (Å²) in [7, 11) is 0. The Hall–Kier alpha value is -0.710. The molecule has 110 valence electrons. The highest BCUT2D eigenvalue weighted by Crippen LogP contribution is 2.37. The Kier molecular flexibility index (Phi) is 5.75. The number of fused-ring (bicyclic) bond motifs is 1. The van der Waals surface area contributed by atoms with Crippen LogP contribution in [0.2, 0.25) is 5.02 Å². The molecule has 3 N–H and O–H groups in total. The first-order valence-corrected chi connectivity index (χ1v) is 8.41. The molecule has 0 saturated carbocycles. The van der Waals surface area contributed by atoms with Crippen LogP contribution < -0.4 is 11.1 Å². The number of carbonyl (C=O) groups is 1. The van der Waals surface area contributed by atoms with Crippen LogP contribution in [0, 0.1) is 5.92 Å². The van der Waals surface area contributed by atoms with E-state index in [9.17, 15) is 4.79 Å². The van der Waals surface area contributed by atoms with E-state index in [2.05, 4.69) is 5.32 Å². The second-order valence-corrected chi connectivity index (χ2v) is 6.79. The van der Waals surface area contributed by atoms with Gasteiger partial charge in [0.2, 0.25) is 5.91 Å². The Morgan fingerprint density at radius 1 is 1.60 bits per heavy atom. The van der Waals surface area contributed by atoms with Crippen LogP contribution in [0.5, 0.6) is 0 Å². The Bertz CT molecular complexity index is 481. The zero-order chi connectivity index (χ0) is 14.5. The van der Waals surface area contributed by atoms with E-state index in [1.165, 1.54) is 4.90 Å². The van der Waals surface area contributed by atoms with Gasteiger partial charge in [-0.1, -0.05) is 18.5 Å². The monoisotopic (exact) mass is 312 g/mol. The molecule has 1 heterocycles. The zero-order valence-electron chi connectivity index (χ0n) is 11.7. The number of nitrogens with two attached hydrogens (primary N) is 1. The molecule has 20 heavy (non-hydrogen) atoms. The lowest BCUT2D eigenvalue weighted by atomic mass is 10.0. The molecule has 2 rings (SSSR count). The maximum atomic E-state index is 12.2. The molecule has 1 amide bonds. The van der Waals surface area contributed by atoms with E-state index >= 15 is 0 Å². The van der Waals surface area contributed by atoms with Gasteiger partial charge in [-0.15, -0.1) is 11.8 Å². The molecule has 0 spiro atoms. The quantitative estimate of drug-likeness (QED) is 0.876. The van der Waals surface area contributed by atoms with Gasteiger partial charge < -0.3 is 11.1 Å². The fraction of sp³-hybridized carbons (Fsp3) is 0.533. The molecular weight excluding hydrogens is 292 g/mol. The number of nitrogens with one attached hydrogen (secondary N) is 1. The number of hydrogen-bond acceptors (Lipinski definition) is 3. The van der Waals surface area contributed by atoms with E-state index in [-0.39, 0.29) is 17.9 Å². The maximum absolute atomic E-state index is 12.2. The van der Waals surface area contributed by atoms with Gasteiger partial charge in [-0.3, -0.25) is 4.79 Å². The molecule has 2 atom stereocenters. The number of halogens is 1. The first-order valence-electron chi connectivity index (χ1n) is 7.04. The molecule has 1 aliphatic rings. The second kappa shape index (κ2) is 7.34. The minimum Gasteiger partial charge on any atom is -0.349 e. The molecule has 1 aromatic carbocycles. The smallest absolute Gasteiger partial charge is 0.223 e. The minimum atomic E-state index is 0.00997. The molecule has 0 bridgehead atoms. The van der Waals surface area contributed by atoms with Crippen LogP contribution in [0.1, 0.15) is 37.8 Å². The van der Waals surface area contributed by atoms with E-state index in [1.807, 2.05) is 36.9 Å². The molecule has 0 aliphatic carbocycles. The first kappa shape index (κ1) is 15.7. The fourth-order valence-corrected chi connectivity index (χ4v) is 3.67. The van der Waals surface area contributed by atoms with Crippen LogP contribution in [0.4, 0.5) is 0 Å². The highest BCUT2D eigenvalue weighted by molar-refractivity contribution is 7.99. The van der Waals surface area contributed by atoms with Crippen LogP contribution in [0.15, 0.2) is 23.1 Å². The number of benzene rings is 1. The summed E-state index contributed by atoms with van der Waals surface area (Å²) in [5.74, 6) is 1.15. The van der Waals surface area contributed by atoms with Crippen LogP contribution >= 0.6 is 23.4 Å². The van der Waals surface area contributed by atoms with Crippen molar-refractivity contribution in [2.75, 3.05) is 12.3 Å². The summed E-state index contributed by atoms with van der Waals surface area (Å²) in [6.45, 7) is 2.59. The normalized spacial score (nSPS) is 19.2. The molecule has 0 fully saturated rings. The average Bonchev–Trinajstić information content (AvgIpc) is 2.45. The lowest BCUT2D eigenvalue weighted by Crippen LogP contribution is -2.34. The van der Waals surface area contributed by atoms with Crippen molar-refractivity contribution in [2.45, 2.75) is 37.1 Å². The molecule has 0 saturated heterocycles. The van der Waals surface area contributed by atoms with Gasteiger partial charge in [0.15, 0.2) is 0 Å². The SMILES string of the molecule is CC(CCCN)C(=O)NC1CCSc2ccc(Cl)cc21. The van der Waals surface area contributed by atoms with Crippen LogP contribution in [-0.2, 0) is 4.79 Å². The second-order valence-electron chi connectivity index (χ2n) is 5.21. The molecule has 1 aromatic rings. The van der Waals surface area contributed by atoms with Gasteiger partial charge >= 0.3 is 0 Å². The third kappa shape index (κ3) is 3.90. The van der Waals surface area contributed by atoms with Crippen LogP contribution in [-0.4, -0.2) is 18.2 Å². The van der Waals surface area contributed by atoms with Crippen LogP contribution in [0.25, 0.3) is 0 Å². The zero-order valence-corrected chi connectivity index (χ0v) is 13.3. The largest absolute Gasteiger partial charge is 0.349 e. The van der Waals surface area contributed by atoms with Gasteiger partial charge in [-0.05, 0) is 49.6 Å². The van der Waals surface area contributed by atoms with E-state index in [1.54, 1.807) is 0 Å². The van der Waals surface area contributed by atoms with Crippen molar-refractivity contribution in [1.29, 1.82) is 0 Å². The number of hydrogen-bond donors (Lipinski definition) is 2. The summed E-state index contributed by atoms with van der Waals surface area (Å²) in [6, 6.07) is 6.00. The van der Waals surface area contributed by atoms with Crippen molar-refractivity contribution in [3.63, 3.8) is 0 Å². The highest BCUT2D eigenvalue weighted by Gasteiger charge is 2.24. The van der Waals surface area contributed by atoms with E-state index < -0.39 is 0 Å². The number of amides is 1. The molecule has 5 heteroatoms. The molecule has 1 aliphatic heterocycles. The van der Waals surface area contributed by atoms with E-state index in [0.717, 1.165) is 35.6 Å². The van der Waals surface area contributed by atoms with Crippen molar-refractivity contribution >= 4 is 29.3 Å². The number of thioether (sulfide) groups is 1. The van der Waals surface area contributed by atoms with Gasteiger partial charge in [-0.25, -0.2) is 0 Å². The first-order chi connectivity index (χ1) is 9.61. The van der Waals surface area contributed by atoms with E-state index in [4.69, 9.17) is 17.3 Å². The topological polar surface area (TPSA) is 55.1 Å². The van der Waals surface area contributed by atoms with Gasteiger partial charge in [0.1, 0.15) is 0 Å². The Labute approximate surface area is 129 Å². The molecule has 3 nitrogen and oxygen atoms in total. The van der Waals surface area contributed by atoms with Crippen LogP contribution in [0.3, 0.4) is 0 Å². The maximum Gasteiger partial charge on any atom is 0.223 e. The lowest BCUT2D eigenvalue weighted by Gasteiger charge is -2.27. The van der Waals surface area contributed by atoms with Crippen molar-refractivity contribution in [1.82, 2.24) is 5.32 Å². The summed E-state index contributed by atoms with van der Waals surface area (Å²) in [5.41, 5.74) is 6.64. The molecule has 2 unspecified atom stereocenters. The Morgan fingerprint density at radius 3 is 3.15 bits per heavy atom. The fourth-order valence-electron chi connectivity index (χ4n) is 2.38. The predicted octanol–water partition coefficient (Wildman–Crippen LogP) is 3.37. The third-order valence-electron chi connectivity index (χ3n) is 3.62. The summed E-state index contributed by atoms with van der Waals surface area (Å²) < 4.78 is 0. The number of rotatable bonds is 5. The summed E-state index contributed by atoms with van der Waals surface area (Å²) in [4.78, 5) is 13.4. The van der Waals surface area contributed by atoms with Crippen molar-refractivity contribution in [2.24, 2.45) is 11.7 Å². The molecule has 0 radical (unpaired) electrons. The Balaban J connectivity index is 2.04. The summed E-state index contributed by atoms with van der Waals surface area (Å²) in [5, 5.41) is 3.88. The van der Waals surface area contributed by atoms with Crippen molar-refractivity contribution in [3.8, 4) is 0 Å². The van der Waals surface area contributed by atoms with Gasteiger partial charge in [0.25, 0.3) is 0 Å². The van der Waals surface area contributed by atoms with Gasteiger partial charge in [-0.2, -0.15) is 0 Å². The summed E-state index contributed by atoms with van der Waals surface area (Å²) >= 11 is 7.90. The average molecular weight is 313 g/mol. The van der Waals surface area contributed by atoms with Gasteiger partial charge in [0, 0.05) is 21.6 Å². The van der Waals surface area contributed by atoms with Crippen molar-refractivity contribution < 1.29 is 4.79 Å². The predicted molar refractivity (Wildman–Crippen MR) is 85.1 cm³/mol.